The summed E-state index contributed by atoms with van der Waals surface area (Å²) in [5.41, 5.74) is -0.362. The number of hydrogen-bond donors (Lipinski definition) is 6. The molecule has 2 saturated carbocycles. The lowest BCUT2D eigenvalue weighted by Crippen LogP contribution is -2.62. The second-order valence-electron chi connectivity index (χ2n) is 13.7. The summed E-state index contributed by atoms with van der Waals surface area (Å²) in [5.74, 6) is 0.254. The predicted molar refractivity (Wildman–Crippen MR) is 150 cm³/mol. The zero-order chi connectivity index (χ0) is 31.2. The third kappa shape index (κ3) is 6.08. The molecule has 2 aliphatic carbocycles. The fourth-order valence-corrected chi connectivity index (χ4v) is 8.36. The molecule has 12 nitrogen and oxygen atoms in total. The second-order valence-corrected chi connectivity index (χ2v) is 13.7. The first-order valence-electron chi connectivity index (χ1n) is 15.4. The molecule has 12 atom stereocenters. The van der Waals surface area contributed by atoms with Crippen LogP contribution in [0.4, 0.5) is 0 Å². The van der Waals surface area contributed by atoms with E-state index in [-0.39, 0.29) is 35.2 Å². The summed E-state index contributed by atoms with van der Waals surface area (Å²) < 4.78 is 28.5. The standard InChI is InChI=1S/C31H48O12/c1-17-5-8-21-29(2,10-4-11-30(21,3)19(17)7-6-18-9-12-39-26(18)37)15-40-27-24(23(35)22(34)20(13-32)42-27)43-28-25(36)31(38,14-33)16-41-28/h9,19-25,27-28,32-36,38H,1,4-8,10-16H2,2-3H3/t19-,20-,21-,22-,23+,24-,25+,27-,28+,29+,30+,31-/m1/s1. The summed E-state index contributed by atoms with van der Waals surface area (Å²) in [7, 11) is 0. The summed E-state index contributed by atoms with van der Waals surface area (Å²) in [6, 6.07) is 0. The highest BCUT2D eigenvalue weighted by Gasteiger charge is 2.56. The number of allylic oxidation sites excluding steroid dienone is 1. The lowest BCUT2D eigenvalue weighted by molar-refractivity contribution is -0.341. The molecule has 0 unspecified atom stereocenters. The highest BCUT2D eigenvalue weighted by Crippen LogP contribution is 2.62. The molecule has 0 spiro atoms. The normalized spacial score (nSPS) is 46.9. The number of aliphatic hydroxyl groups is 6. The molecule has 6 N–H and O–H groups in total. The van der Waals surface area contributed by atoms with Crippen LogP contribution in [0.2, 0.25) is 0 Å². The number of rotatable bonds is 10. The van der Waals surface area contributed by atoms with Crippen LogP contribution in [-0.2, 0) is 28.5 Å². The van der Waals surface area contributed by atoms with Gasteiger partial charge in [0.15, 0.2) is 12.6 Å². The van der Waals surface area contributed by atoms with E-state index < -0.39 is 68.5 Å². The van der Waals surface area contributed by atoms with E-state index in [2.05, 4.69) is 20.4 Å². The van der Waals surface area contributed by atoms with Crippen molar-refractivity contribution in [3.63, 3.8) is 0 Å². The first-order valence-corrected chi connectivity index (χ1v) is 15.4. The van der Waals surface area contributed by atoms with Gasteiger partial charge in [-0.25, -0.2) is 4.79 Å². The van der Waals surface area contributed by atoms with Crippen molar-refractivity contribution in [2.75, 3.05) is 33.0 Å². The molecule has 0 radical (unpaired) electrons. The van der Waals surface area contributed by atoms with Crippen molar-refractivity contribution in [1.29, 1.82) is 0 Å². The van der Waals surface area contributed by atoms with Gasteiger partial charge >= 0.3 is 5.97 Å². The van der Waals surface area contributed by atoms with Gasteiger partial charge in [-0.05, 0) is 67.3 Å². The van der Waals surface area contributed by atoms with E-state index in [0.717, 1.165) is 44.1 Å². The molecule has 3 heterocycles. The van der Waals surface area contributed by atoms with E-state index in [1.807, 2.05) is 6.08 Å². The van der Waals surface area contributed by atoms with E-state index in [1.54, 1.807) is 0 Å². The summed E-state index contributed by atoms with van der Waals surface area (Å²) in [6.07, 6.45) is -1.77. The monoisotopic (exact) mass is 612 g/mol. The van der Waals surface area contributed by atoms with Gasteiger partial charge in [0, 0.05) is 5.57 Å². The van der Waals surface area contributed by atoms with Gasteiger partial charge in [-0.3, -0.25) is 0 Å². The smallest absolute Gasteiger partial charge is 0.334 e. The van der Waals surface area contributed by atoms with E-state index in [4.69, 9.17) is 23.7 Å². The van der Waals surface area contributed by atoms with Gasteiger partial charge in [0.2, 0.25) is 0 Å². The van der Waals surface area contributed by atoms with Crippen molar-refractivity contribution < 1.29 is 59.1 Å². The molecule has 5 rings (SSSR count). The Labute approximate surface area is 252 Å². The highest BCUT2D eigenvalue weighted by molar-refractivity contribution is 5.90. The van der Waals surface area contributed by atoms with Crippen LogP contribution in [0, 0.1) is 22.7 Å². The van der Waals surface area contributed by atoms with Crippen LogP contribution in [0.5, 0.6) is 0 Å². The molecule has 4 fully saturated rings. The fourth-order valence-electron chi connectivity index (χ4n) is 8.36. The molecule has 0 amide bonds. The Morgan fingerprint density at radius 2 is 1.88 bits per heavy atom. The largest absolute Gasteiger partial charge is 0.458 e. The van der Waals surface area contributed by atoms with Crippen LogP contribution >= 0.6 is 0 Å². The van der Waals surface area contributed by atoms with E-state index in [1.165, 1.54) is 5.57 Å². The van der Waals surface area contributed by atoms with Gasteiger partial charge in [0.25, 0.3) is 0 Å². The van der Waals surface area contributed by atoms with Crippen molar-refractivity contribution >= 4 is 5.97 Å². The van der Waals surface area contributed by atoms with Crippen LogP contribution in [0.3, 0.4) is 0 Å². The summed E-state index contributed by atoms with van der Waals surface area (Å²) >= 11 is 0. The number of carbonyl (C=O) groups excluding carboxylic acids is 1. The zero-order valence-electron chi connectivity index (χ0n) is 25.1. The Morgan fingerprint density at radius 1 is 1.12 bits per heavy atom. The van der Waals surface area contributed by atoms with Crippen molar-refractivity contribution in [3.8, 4) is 0 Å². The van der Waals surface area contributed by atoms with Crippen LogP contribution in [0.25, 0.3) is 0 Å². The summed E-state index contributed by atoms with van der Waals surface area (Å²) in [6.45, 7) is 7.79. The third-order valence-corrected chi connectivity index (χ3v) is 10.9. The number of aliphatic hydroxyl groups excluding tert-OH is 5. The Balaban J connectivity index is 1.31. The molecule has 0 aromatic carbocycles. The first-order chi connectivity index (χ1) is 20.4. The first kappa shape index (κ1) is 32.9. The van der Waals surface area contributed by atoms with Crippen LogP contribution < -0.4 is 0 Å². The van der Waals surface area contributed by atoms with E-state index in [9.17, 15) is 35.4 Å². The van der Waals surface area contributed by atoms with Gasteiger partial charge in [-0.15, -0.1) is 0 Å². The average Bonchev–Trinajstić information content (AvgIpc) is 3.52. The SMILES string of the molecule is C=C1CC[C@@H]2[C@](C)(CO[C@@H]3O[C@H](CO)[C@@H](O)[C@H](O)[C@H]3O[C@@H]3OC[C@](O)(CO)[C@H]3O)CCC[C@@]2(C)[C@@H]1CCC1=CCOC1=O. The van der Waals surface area contributed by atoms with Crippen molar-refractivity contribution in [2.45, 2.75) is 107 Å². The molecule has 0 aromatic heterocycles. The predicted octanol–water partition coefficient (Wildman–Crippen LogP) is 0.310. The molecule has 12 heteroatoms. The molecular formula is C31H48O12. The van der Waals surface area contributed by atoms with Gasteiger partial charge in [0.1, 0.15) is 42.7 Å². The Kier molecular flexibility index (Phi) is 9.76. The van der Waals surface area contributed by atoms with Gasteiger partial charge in [-0.2, -0.15) is 0 Å². The molecule has 0 bridgehead atoms. The zero-order valence-corrected chi connectivity index (χ0v) is 25.1. The van der Waals surface area contributed by atoms with Gasteiger partial charge in [0.05, 0.1) is 26.4 Å². The average molecular weight is 613 g/mol. The quantitative estimate of drug-likeness (QED) is 0.147. The molecule has 5 aliphatic rings. The topological polar surface area (TPSA) is 185 Å². The maximum atomic E-state index is 12.1. The number of carbonyl (C=O) groups is 1. The molecule has 2 saturated heterocycles. The van der Waals surface area contributed by atoms with Gasteiger partial charge in [-0.1, -0.05) is 32.4 Å². The minimum Gasteiger partial charge on any atom is -0.458 e. The number of cyclic esters (lactones) is 1. The molecular weight excluding hydrogens is 564 g/mol. The Bertz CT molecular complexity index is 1070. The summed E-state index contributed by atoms with van der Waals surface area (Å²) in [4.78, 5) is 12.1. The van der Waals surface area contributed by atoms with Gasteiger partial charge < -0.3 is 54.3 Å². The molecule has 3 aliphatic heterocycles. The lowest BCUT2D eigenvalue weighted by atomic mass is 9.47. The fraction of sp³-hybridized carbons (Fsp3) is 0.839. The Hall–Kier alpha value is -1.45. The lowest BCUT2D eigenvalue weighted by Gasteiger charge is -2.59. The number of ether oxygens (including phenoxy) is 5. The third-order valence-electron chi connectivity index (χ3n) is 10.9. The molecule has 43 heavy (non-hydrogen) atoms. The molecule has 0 aromatic rings. The van der Waals surface area contributed by atoms with E-state index in [0.29, 0.717) is 13.0 Å². The number of esters is 1. The minimum atomic E-state index is -1.94. The maximum Gasteiger partial charge on any atom is 0.334 e. The van der Waals surface area contributed by atoms with Crippen LogP contribution in [-0.4, -0.2) is 118 Å². The summed E-state index contributed by atoms with van der Waals surface area (Å²) in [5, 5.41) is 61.7. The molecule has 244 valence electrons. The number of fused-ring (bicyclic) bond motifs is 1. The Morgan fingerprint density at radius 3 is 2.53 bits per heavy atom. The van der Waals surface area contributed by atoms with Crippen molar-refractivity contribution in [2.24, 2.45) is 22.7 Å². The highest BCUT2D eigenvalue weighted by atomic mass is 16.8. The van der Waals surface area contributed by atoms with E-state index >= 15 is 0 Å². The minimum absolute atomic E-state index is 0.0715. The second kappa shape index (κ2) is 12.7. The van der Waals surface area contributed by atoms with Crippen LogP contribution in [0.15, 0.2) is 23.8 Å². The number of hydrogen-bond acceptors (Lipinski definition) is 12. The maximum absolute atomic E-state index is 12.1. The van der Waals surface area contributed by atoms with Crippen LogP contribution in [0.1, 0.15) is 58.8 Å². The van der Waals surface area contributed by atoms with Crippen molar-refractivity contribution in [3.05, 3.63) is 23.8 Å². The van der Waals surface area contributed by atoms with Crippen molar-refractivity contribution in [1.82, 2.24) is 0 Å².